The minimum Gasteiger partial charge on any atom is -0.491 e. The second kappa shape index (κ2) is 9.75. The molecule has 1 aliphatic rings. The zero-order valence-corrected chi connectivity index (χ0v) is 17.5. The molecular weight excluding hydrogens is 398 g/mol. The summed E-state index contributed by atoms with van der Waals surface area (Å²) in [4.78, 5) is 16.4. The first-order chi connectivity index (χ1) is 14.7. The van der Waals surface area contributed by atoms with Gasteiger partial charge >= 0.3 is 0 Å². The van der Waals surface area contributed by atoms with Crippen molar-refractivity contribution in [1.29, 1.82) is 0 Å². The summed E-state index contributed by atoms with van der Waals surface area (Å²) in [5, 5.41) is 4.97. The Kier molecular flexibility index (Phi) is 6.63. The maximum atomic E-state index is 13.0. The van der Waals surface area contributed by atoms with Gasteiger partial charge in [0, 0.05) is 24.5 Å². The standard InChI is InChI=1S/C23H25N3O3S/c24-19-8-7-17(22-6-3-15-30-22)16-20(19)25-23(27)18-4-1-2-5-21(18)29-14-11-26-9-12-28-13-10-26/h1-8,15-16H,9-14,24H2,(H,25,27). The Hall–Kier alpha value is -2.87. The van der Waals surface area contributed by atoms with Gasteiger partial charge in [-0.15, -0.1) is 11.3 Å². The first-order valence-electron chi connectivity index (χ1n) is 9.97. The summed E-state index contributed by atoms with van der Waals surface area (Å²) in [7, 11) is 0. The number of hydrogen-bond donors (Lipinski definition) is 2. The maximum Gasteiger partial charge on any atom is 0.259 e. The summed E-state index contributed by atoms with van der Waals surface area (Å²) >= 11 is 1.64. The number of nitrogens with zero attached hydrogens (tertiary/aromatic N) is 1. The van der Waals surface area contributed by atoms with Crippen molar-refractivity contribution >= 4 is 28.6 Å². The van der Waals surface area contributed by atoms with Crippen molar-refractivity contribution in [3.05, 3.63) is 65.5 Å². The number of anilines is 2. The van der Waals surface area contributed by atoms with Gasteiger partial charge in [0.1, 0.15) is 12.4 Å². The summed E-state index contributed by atoms with van der Waals surface area (Å²) in [6, 6.07) is 17.0. The van der Waals surface area contributed by atoms with Crippen LogP contribution in [0.5, 0.6) is 5.75 Å². The molecule has 4 rings (SSSR count). The molecule has 0 bridgehead atoms. The van der Waals surface area contributed by atoms with E-state index in [1.165, 1.54) is 0 Å². The highest BCUT2D eigenvalue weighted by Gasteiger charge is 2.15. The van der Waals surface area contributed by atoms with Gasteiger partial charge in [-0.1, -0.05) is 24.3 Å². The molecule has 0 atom stereocenters. The van der Waals surface area contributed by atoms with Gasteiger partial charge in [0.15, 0.2) is 0 Å². The van der Waals surface area contributed by atoms with E-state index in [2.05, 4.69) is 10.2 Å². The molecule has 0 unspecified atom stereocenters. The Morgan fingerprint density at radius 1 is 1.13 bits per heavy atom. The van der Waals surface area contributed by atoms with Crippen molar-refractivity contribution in [2.45, 2.75) is 0 Å². The number of morpholine rings is 1. The fraction of sp³-hybridized carbons (Fsp3) is 0.261. The van der Waals surface area contributed by atoms with Crippen LogP contribution in [0.3, 0.4) is 0 Å². The minimum atomic E-state index is -0.244. The first kappa shape index (κ1) is 20.4. The van der Waals surface area contributed by atoms with Crippen molar-refractivity contribution in [3.8, 4) is 16.2 Å². The van der Waals surface area contributed by atoms with Crippen LogP contribution in [-0.2, 0) is 4.74 Å². The molecule has 7 heteroatoms. The normalized spacial score (nSPS) is 14.4. The average molecular weight is 424 g/mol. The molecule has 6 nitrogen and oxygen atoms in total. The molecule has 2 aromatic carbocycles. The van der Waals surface area contributed by atoms with E-state index in [0.29, 0.717) is 29.3 Å². The van der Waals surface area contributed by atoms with Crippen LogP contribution in [0.2, 0.25) is 0 Å². The zero-order valence-electron chi connectivity index (χ0n) is 16.7. The monoisotopic (exact) mass is 423 g/mol. The molecule has 3 aromatic rings. The number of rotatable bonds is 7. The summed E-state index contributed by atoms with van der Waals surface area (Å²) in [5.41, 5.74) is 8.73. The van der Waals surface area contributed by atoms with Crippen LogP contribution in [0, 0.1) is 0 Å². The molecule has 0 saturated carbocycles. The number of ether oxygens (including phenoxy) is 2. The number of nitrogen functional groups attached to an aromatic ring is 1. The van der Waals surface area contributed by atoms with E-state index in [1.807, 2.05) is 53.9 Å². The predicted octanol–water partition coefficient (Wildman–Crippen LogP) is 3.96. The molecule has 1 aliphatic heterocycles. The lowest BCUT2D eigenvalue weighted by Crippen LogP contribution is -2.38. The number of para-hydroxylation sites is 1. The summed E-state index contributed by atoms with van der Waals surface area (Å²) in [5.74, 6) is 0.322. The van der Waals surface area contributed by atoms with Crippen molar-refractivity contribution < 1.29 is 14.3 Å². The second-order valence-corrected chi connectivity index (χ2v) is 7.98. The fourth-order valence-corrected chi connectivity index (χ4v) is 4.06. The van der Waals surface area contributed by atoms with Crippen LogP contribution in [-0.4, -0.2) is 50.3 Å². The third-order valence-corrected chi connectivity index (χ3v) is 5.93. The molecule has 1 saturated heterocycles. The second-order valence-electron chi connectivity index (χ2n) is 7.03. The Morgan fingerprint density at radius 3 is 2.77 bits per heavy atom. The molecule has 3 N–H and O–H groups in total. The van der Waals surface area contributed by atoms with E-state index in [1.54, 1.807) is 17.4 Å². The highest BCUT2D eigenvalue weighted by Crippen LogP contribution is 2.31. The van der Waals surface area contributed by atoms with E-state index >= 15 is 0 Å². The van der Waals surface area contributed by atoms with Gasteiger partial charge < -0.3 is 20.5 Å². The first-order valence-corrected chi connectivity index (χ1v) is 10.9. The largest absolute Gasteiger partial charge is 0.491 e. The van der Waals surface area contributed by atoms with Gasteiger partial charge in [-0.25, -0.2) is 0 Å². The van der Waals surface area contributed by atoms with Crippen LogP contribution < -0.4 is 15.8 Å². The smallest absolute Gasteiger partial charge is 0.259 e. The highest BCUT2D eigenvalue weighted by molar-refractivity contribution is 7.13. The molecule has 1 aromatic heterocycles. The average Bonchev–Trinajstić information content (AvgIpc) is 3.31. The van der Waals surface area contributed by atoms with E-state index in [0.717, 1.165) is 43.3 Å². The van der Waals surface area contributed by atoms with Gasteiger partial charge in [-0.2, -0.15) is 0 Å². The molecule has 0 aliphatic carbocycles. The topological polar surface area (TPSA) is 76.8 Å². The van der Waals surface area contributed by atoms with Crippen molar-refractivity contribution in [2.24, 2.45) is 0 Å². The number of carbonyl (C=O) groups excluding carboxylic acids is 1. The SMILES string of the molecule is Nc1ccc(-c2cccs2)cc1NC(=O)c1ccccc1OCCN1CCOCC1. The van der Waals surface area contributed by atoms with E-state index < -0.39 is 0 Å². The van der Waals surface area contributed by atoms with Crippen molar-refractivity contribution in [1.82, 2.24) is 4.90 Å². The van der Waals surface area contributed by atoms with Gasteiger partial charge in [0.25, 0.3) is 5.91 Å². The van der Waals surface area contributed by atoms with Crippen molar-refractivity contribution in [3.63, 3.8) is 0 Å². The molecule has 1 amide bonds. The maximum absolute atomic E-state index is 13.0. The Labute approximate surface area is 180 Å². The van der Waals surface area contributed by atoms with Crippen LogP contribution in [0.4, 0.5) is 11.4 Å². The summed E-state index contributed by atoms with van der Waals surface area (Å²) < 4.78 is 11.3. The lowest BCUT2D eigenvalue weighted by molar-refractivity contribution is 0.0322. The lowest BCUT2D eigenvalue weighted by Gasteiger charge is -2.26. The predicted molar refractivity (Wildman–Crippen MR) is 121 cm³/mol. The van der Waals surface area contributed by atoms with E-state index in [4.69, 9.17) is 15.2 Å². The molecule has 0 spiro atoms. The van der Waals surface area contributed by atoms with Crippen LogP contribution >= 0.6 is 11.3 Å². The van der Waals surface area contributed by atoms with Crippen LogP contribution in [0.15, 0.2) is 60.0 Å². The van der Waals surface area contributed by atoms with Gasteiger partial charge in [0.2, 0.25) is 0 Å². The number of hydrogen-bond acceptors (Lipinski definition) is 6. The lowest BCUT2D eigenvalue weighted by atomic mass is 10.1. The molecular formula is C23H25N3O3S. The number of thiophene rings is 1. The summed E-state index contributed by atoms with van der Waals surface area (Å²) in [6.07, 6.45) is 0. The zero-order chi connectivity index (χ0) is 20.8. The third kappa shape index (κ3) is 4.99. The van der Waals surface area contributed by atoms with E-state index in [9.17, 15) is 4.79 Å². The summed E-state index contributed by atoms with van der Waals surface area (Å²) in [6.45, 7) is 4.64. The van der Waals surface area contributed by atoms with Crippen LogP contribution in [0.25, 0.3) is 10.4 Å². The Morgan fingerprint density at radius 2 is 1.97 bits per heavy atom. The van der Waals surface area contributed by atoms with Gasteiger partial charge in [-0.3, -0.25) is 9.69 Å². The Bertz CT molecular complexity index is 985. The van der Waals surface area contributed by atoms with Gasteiger partial charge in [-0.05, 0) is 41.3 Å². The number of nitrogens with one attached hydrogen (secondary N) is 1. The minimum absolute atomic E-state index is 0.244. The quantitative estimate of drug-likeness (QED) is 0.563. The molecule has 156 valence electrons. The molecule has 30 heavy (non-hydrogen) atoms. The van der Waals surface area contributed by atoms with Crippen molar-refractivity contribution in [2.75, 3.05) is 50.5 Å². The van der Waals surface area contributed by atoms with Crippen LogP contribution in [0.1, 0.15) is 10.4 Å². The number of benzene rings is 2. The highest BCUT2D eigenvalue weighted by atomic mass is 32.1. The number of nitrogens with two attached hydrogens (primary N) is 1. The number of carbonyl (C=O) groups is 1. The fourth-order valence-electron chi connectivity index (χ4n) is 3.34. The third-order valence-electron chi connectivity index (χ3n) is 5.01. The molecule has 1 fully saturated rings. The van der Waals surface area contributed by atoms with E-state index in [-0.39, 0.29) is 5.91 Å². The number of amides is 1. The molecule has 2 heterocycles. The van der Waals surface area contributed by atoms with Gasteiger partial charge in [0.05, 0.1) is 30.2 Å². The molecule has 0 radical (unpaired) electrons. The Balaban J connectivity index is 1.44.